The molecule has 0 N–H and O–H groups in total. The maximum absolute atomic E-state index is 5.21. The second-order valence-electron chi connectivity index (χ2n) is 12.6. The minimum atomic E-state index is 1.05. The third kappa shape index (κ3) is 4.71. The van der Waals surface area contributed by atoms with Crippen LogP contribution in [0.2, 0.25) is 0 Å². The van der Waals surface area contributed by atoms with E-state index in [2.05, 4.69) is 163 Å². The maximum Gasteiger partial charge on any atom is 0.120 e. The molecule has 10 rings (SSSR count). The Morgan fingerprint density at radius 3 is 2.18 bits per heavy atom. The van der Waals surface area contributed by atoms with Crippen molar-refractivity contribution in [2.24, 2.45) is 0 Å². The predicted octanol–water partition coefficient (Wildman–Crippen LogP) is 13.8. The average molecular weight is 663 g/mol. The van der Waals surface area contributed by atoms with Gasteiger partial charge in [0.1, 0.15) is 5.01 Å². The van der Waals surface area contributed by atoms with Crippen LogP contribution < -0.4 is 4.90 Å². The van der Waals surface area contributed by atoms with Gasteiger partial charge in [0.25, 0.3) is 0 Å². The molecule has 2 heterocycles. The smallest absolute Gasteiger partial charge is 0.120 e. The second kappa shape index (κ2) is 11.6. The molecule has 0 amide bonds. The molecule has 4 heteroatoms. The Balaban J connectivity index is 1.17. The second-order valence-corrected chi connectivity index (χ2v) is 14.7. The number of anilines is 3. The molecule has 7 aromatic carbocycles. The molecule has 232 valence electrons. The molecule has 0 spiro atoms. The zero-order valence-corrected chi connectivity index (χ0v) is 28.3. The topological polar surface area (TPSA) is 16.1 Å². The molecule has 0 fully saturated rings. The zero-order valence-electron chi connectivity index (χ0n) is 26.6. The summed E-state index contributed by atoms with van der Waals surface area (Å²) in [6, 6.07) is 51.1. The van der Waals surface area contributed by atoms with Gasteiger partial charge in [0.05, 0.1) is 21.6 Å². The highest BCUT2D eigenvalue weighted by Crippen LogP contribution is 2.46. The minimum Gasteiger partial charge on any atom is -0.309 e. The third-order valence-corrected chi connectivity index (χ3v) is 12.0. The molecule has 0 bridgehead atoms. The lowest BCUT2D eigenvalue weighted by molar-refractivity contribution is 1.05. The van der Waals surface area contributed by atoms with Crippen molar-refractivity contribution in [3.63, 3.8) is 0 Å². The van der Waals surface area contributed by atoms with Gasteiger partial charge in [0.2, 0.25) is 0 Å². The van der Waals surface area contributed by atoms with Crippen LogP contribution in [0.3, 0.4) is 0 Å². The number of hydrogen-bond donors (Lipinski definition) is 0. The van der Waals surface area contributed by atoms with Crippen LogP contribution in [0.25, 0.3) is 68.6 Å². The number of nitrogens with zero attached hydrogens (tertiary/aromatic N) is 2. The number of aromatic nitrogens is 1. The highest BCUT2D eigenvalue weighted by Gasteiger charge is 2.21. The summed E-state index contributed by atoms with van der Waals surface area (Å²) in [6.45, 7) is 0. The van der Waals surface area contributed by atoms with E-state index in [-0.39, 0.29) is 0 Å². The SMILES string of the molecule is C1=CCCC(c2nc3c(ccc4c5cccc(N(c6ccccc6)c6ccccc6-c6ccc7sc8ccccc8c7c6)c5ccc43)s2)=C1. The fourth-order valence-electron chi connectivity index (χ4n) is 7.45. The van der Waals surface area contributed by atoms with Gasteiger partial charge in [-0.25, -0.2) is 4.98 Å². The number of hydrogen-bond acceptors (Lipinski definition) is 4. The van der Waals surface area contributed by atoms with Crippen LogP contribution >= 0.6 is 22.7 Å². The molecule has 0 unspecified atom stereocenters. The Labute approximate surface area is 292 Å². The first kappa shape index (κ1) is 28.5. The van der Waals surface area contributed by atoms with Crippen LogP contribution in [0.1, 0.15) is 17.8 Å². The standard InChI is InChI=1S/C45H30N2S2/c1-3-12-29(13-4-1)45-46-44-37-24-23-35-33(34(37)25-27-43(44)49-45)18-11-20-40(35)47(31-14-5-2-6-15-31)39-19-9-7-16-32(39)30-22-26-42-38(28-30)36-17-8-10-21-41(36)48-42/h1-3,5-12,14-28H,4,13H2. The lowest BCUT2D eigenvalue weighted by Gasteiger charge is -2.29. The first-order valence-corrected chi connectivity index (χ1v) is 18.4. The monoisotopic (exact) mass is 662 g/mol. The first-order chi connectivity index (χ1) is 24.3. The van der Waals surface area contributed by atoms with E-state index in [0.29, 0.717) is 0 Å². The summed E-state index contributed by atoms with van der Waals surface area (Å²) in [7, 11) is 0. The van der Waals surface area contributed by atoms with Gasteiger partial charge in [-0.3, -0.25) is 0 Å². The largest absolute Gasteiger partial charge is 0.309 e. The summed E-state index contributed by atoms with van der Waals surface area (Å²) in [5.74, 6) is 0. The van der Waals surface area contributed by atoms with Crippen molar-refractivity contribution < 1.29 is 0 Å². The van der Waals surface area contributed by atoms with Gasteiger partial charge in [-0.15, -0.1) is 22.7 Å². The van der Waals surface area contributed by atoms with Crippen LogP contribution in [0.15, 0.2) is 158 Å². The van der Waals surface area contributed by atoms with Gasteiger partial charge < -0.3 is 4.90 Å². The Hall–Kier alpha value is -5.55. The van der Waals surface area contributed by atoms with Crippen LogP contribution in [0, 0.1) is 0 Å². The Bertz CT molecular complexity index is 2780. The summed E-state index contributed by atoms with van der Waals surface area (Å²) < 4.78 is 3.88. The van der Waals surface area contributed by atoms with Crippen molar-refractivity contribution >= 4 is 97.2 Å². The Kier molecular flexibility index (Phi) is 6.71. The number of rotatable bonds is 5. The molecule has 0 aliphatic heterocycles. The summed E-state index contributed by atoms with van der Waals surface area (Å²) in [5, 5.41) is 8.65. The van der Waals surface area contributed by atoms with E-state index in [1.807, 2.05) is 11.3 Å². The molecule has 0 saturated heterocycles. The molecule has 0 saturated carbocycles. The minimum absolute atomic E-state index is 1.05. The van der Waals surface area contributed by atoms with Gasteiger partial charge in [0.15, 0.2) is 0 Å². The number of para-hydroxylation sites is 2. The number of benzene rings is 7. The van der Waals surface area contributed by atoms with Crippen molar-refractivity contribution in [1.29, 1.82) is 0 Å². The van der Waals surface area contributed by atoms with Gasteiger partial charge in [-0.05, 0) is 83.3 Å². The summed E-state index contributed by atoms with van der Waals surface area (Å²) in [6.07, 6.45) is 8.75. The molecular formula is C45H30N2S2. The van der Waals surface area contributed by atoms with Gasteiger partial charge in [0, 0.05) is 42.2 Å². The van der Waals surface area contributed by atoms with Crippen LogP contribution in [0.5, 0.6) is 0 Å². The fraction of sp³-hybridized carbons (Fsp3) is 0.0444. The van der Waals surface area contributed by atoms with E-state index in [1.165, 1.54) is 63.1 Å². The van der Waals surface area contributed by atoms with Crippen LogP contribution in [-0.4, -0.2) is 4.98 Å². The molecule has 0 atom stereocenters. The number of thiazole rings is 1. The lowest BCUT2D eigenvalue weighted by atomic mass is 9.97. The molecule has 49 heavy (non-hydrogen) atoms. The van der Waals surface area contributed by atoms with E-state index in [9.17, 15) is 0 Å². The molecule has 2 nitrogen and oxygen atoms in total. The number of thiophene rings is 1. The lowest BCUT2D eigenvalue weighted by Crippen LogP contribution is -2.11. The molecule has 0 radical (unpaired) electrons. The highest BCUT2D eigenvalue weighted by atomic mass is 32.1. The van der Waals surface area contributed by atoms with Crippen molar-refractivity contribution in [3.05, 3.63) is 163 Å². The Morgan fingerprint density at radius 1 is 0.531 bits per heavy atom. The van der Waals surface area contributed by atoms with E-state index in [0.717, 1.165) is 40.4 Å². The quantitative estimate of drug-likeness (QED) is 0.171. The number of fused-ring (bicyclic) bond motifs is 8. The zero-order chi connectivity index (χ0) is 32.3. The van der Waals surface area contributed by atoms with E-state index in [4.69, 9.17) is 4.98 Å². The number of allylic oxidation sites excluding steroid dienone is 4. The van der Waals surface area contributed by atoms with Crippen LogP contribution in [-0.2, 0) is 0 Å². The highest BCUT2D eigenvalue weighted by molar-refractivity contribution is 7.25. The van der Waals surface area contributed by atoms with E-state index >= 15 is 0 Å². The molecule has 9 aromatic rings. The van der Waals surface area contributed by atoms with Gasteiger partial charge in [-0.2, -0.15) is 0 Å². The predicted molar refractivity (Wildman–Crippen MR) is 214 cm³/mol. The van der Waals surface area contributed by atoms with Gasteiger partial charge >= 0.3 is 0 Å². The summed E-state index contributed by atoms with van der Waals surface area (Å²) >= 11 is 3.67. The summed E-state index contributed by atoms with van der Waals surface area (Å²) in [5.41, 5.74) is 8.27. The Morgan fingerprint density at radius 2 is 1.27 bits per heavy atom. The van der Waals surface area contributed by atoms with E-state index < -0.39 is 0 Å². The maximum atomic E-state index is 5.21. The average Bonchev–Trinajstić information content (AvgIpc) is 3.78. The normalized spacial score (nSPS) is 13.2. The van der Waals surface area contributed by atoms with Crippen molar-refractivity contribution in [3.8, 4) is 11.1 Å². The van der Waals surface area contributed by atoms with Crippen molar-refractivity contribution in [2.75, 3.05) is 4.90 Å². The van der Waals surface area contributed by atoms with Crippen molar-refractivity contribution in [2.45, 2.75) is 12.8 Å². The molecule has 1 aliphatic rings. The molecule has 1 aliphatic carbocycles. The summed E-state index contributed by atoms with van der Waals surface area (Å²) in [4.78, 5) is 7.64. The van der Waals surface area contributed by atoms with Gasteiger partial charge in [-0.1, -0.05) is 109 Å². The molecule has 2 aromatic heterocycles. The van der Waals surface area contributed by atoms with Crippen LogP contribution in [0.4, 0.5) is 17.1 Å². The first-order valence-electron chi connectivity index (χ1n) is 16.8. The molecular weight excluding hydrogens is 633 g/mol. The van der Waals surface area contributed by atoms with Crippen molar-refractivity contribution in [1.82, 2.24) is 4.98 Å². The van der Waals surface area contributed by atoms with E-state index in [1.54, 1.807) is 11.3 Å². The fourth-order valence-corrected chi connectivity index (χ4v) is 9.57. The third-order valence-electron chi connectivity index (χ3n) is 9.77.